The summed E-state index contributed by atoms with van der Waals surface area (Å²) in [6.45, 7) is 0. The second-order valence-corrected chi connectivity index (χ2v) is 4.15. The van der Waals surface area contributed by atoms with Crippen LogP contribution in [0.2, 0.25) is 0 Å². The summed E-state index contributed by atoms with van der Waals surface area (Å²) in [6, 6.07) is 16.1. The van der Waals surface area contributed by atoms with Gasteiger partial charge in [-0.2, -0.15) is 5.26 Å². The first kappa shape index (κ1) is 13.4. The van der Waals surface area contributed by atoms with Crippen molar-refractivity contribution in [3.63, 3.8) is 0 Å². The second-order valence-electron chi connectivity index (χ2n) is 4.15. The molecule has 0 aliphatic heterocycles. The fraction of sp³-hybridized carbons (Fsp3) is 0. The van der Waals surface area contributed by atoms with Gasteiger partial charge in [-0.25, -0.2) is 0 Å². The summed E-state index contributed by atoms with van der Waals surface area (Å²) < 4.78 is 0. The predicted molar refractivity (Wildman–Crippen MR) is 79.7 cm³/mol. The molecule has 0 aliphatic rings. The number of nitrogens with zero attached hydrogens (tertiary/aromatic N) is 1. The van der Waals surface area contributed by atoms with E-state index in [0.717, 1.165) is 5.56 Å². The zero-order valence-electron chi connectivity index (χ0n) is 10.7. The largest absolute Gasteiger partial charge is 0.399 e. The number of nitrogen functional groups attached to an aromatic ring is 1. The molecule has 4 nitrogen and oxygen atoms in total. The monoisotopic (exact) mass is 263 g/mol. The van der Waals surface area contributed by atoms with Crippen LogP contribution in [0.4, 0.5) is 11.4 Å². The molecular formula is C16H13N3O. The summed E-state index contributed by atoms with van der Waals surface area (Å²) in [6.07, 6.45) is 3.07. The number of anilines is 2. The molecule has 0 saturated heterocycles. The van der Waals surface area contributed by atoms with Crippen molar-refractivity contribution in [3.8, 4) is 6.07 Å². The Morgan fingerprint density at radius 2 is 2.00 bits per heavy atom. The zero-order valence-corrected chi connectivity index (χ0v) is 10.7. The van der Waals surface area contributed by atoms with Crippen LogP contribution in [0.25, 0.3) is 6.08 Å². The first-order chi connectivity index (χ1) is 9.69. The van der Waals surface area contributed by atoms with Crippen molar-refractivity contribution in [2.45, 2.75) is 0 Å². The quantitative estimate of drug-likeness (QED) is 0.660. The van der Waals surface area contributed by atoms with Crippen molar-refractivity contribution in [2.24, 2.45) is 0 Å². The number of amides is 1. The minimum Gasteiger partial charge on any atom is -0.399 e. The molecule has 0 aromatic heterocycles. The van der Waals surface area contributed by atoms with Gasteiger partial charge in [0.05, 0.1) is 11.3 Å². The van der Waals surface area contributed by atoms with Gasteiger partial charge in [-0.1, -0.05) is 24.3 Å². The van der Waals surface area contributed by atoms with E-state index in [1.54, 1.807) is 42.5 Å². The van der Waals surface area contributed by atoms with Crippen molar-refractivity contribution >= 4 is 23.4 Å². The van der Waals surface area contributed by atoms with Crippen molar-refractivity contribution < 1.29 is 4.79 Å². The lowest BCUT2D eigenvalue weighted by Crippen LogP contribution is -2.08. The van der Waals surface area contributed by atoms with Gasteiger partial charge in [-0.3, -0.25) is 4.79 Å². The summed E-state index contributed by atoms with van der Waals surface area (Å²) in [7, 11) is 0. The number of benzene rings is 2. The normalized spacial score (nSPS) is 10.2. The standard InChI is InChI=1S/C16H13N3O/c17-11-13-5-1-2-7-15(13)19-16(20)9-8-12-4-3-6-14(18)10-12/h1-10H,18H2,(H,19,20)/b9-8+. The maximum absolute atomic E-state index is 11.8. The van der Waals surface area contributed by atoms with Crippen LogP contribution in [0.1, 0.15) is 11.1 Å². The fourth-order valence-electron chi connectivity index (χ4n) is 1.70. The van der Waals surface area contributed by atoms with Crippen LogP contribution in [-0.4, -0.2) is 5.91 Å². The summed E-state index contributed by atoms with van der Waals surface area (Å²) in [4.78, 5) is 11.8. The summed E-state index contributed by atoms with van der Waals surface area (Å²) in [5.74, 6) is -0.296. The van der Waals surface area contributed by atoms with Crippen molar-refractivity contribution in [3.05, 3.63) is 65.7 Å². The van der Waals surface area contributed by atoms with E-state index in [-0.39, 0.29) is 5.91 Å². The van der Waals surface area contributed by atoms with E-state index in [1.807, 2.05) is 18.2 Å². The highest BCUT2D eigenvalue weighted by molar-refractivity contribution is 6.02. The highest BCUT2D eigenvalue weighted by Gasteiger charge is 2.02. The lowest BCUT2D eigenvalue weighted by Gasteiger charge is -2.03. The van der Waals surface area contributed by atoms with E-state index in [4.69, 9.17) is 11.0 Å². The minimum absolute atomic E-state index is 0.296. The number of nitrogens with two attached hydrogens (primary N) is 1. The van der Waals surface area contributed by atoms with E-state index in [1.165, 1.54) is 6.08 Å². The third-order valence-corrected chi connectivity index (χ3v) is 2.64. The molecule has 2 rings (SSSR count). The maximum Gasteiger partial charge on any atom is 0.248 e. The highest BCUT2D eigenvalue weighted by Crippen LogP contribution is 2.14. The fourth-order valence-corrected chi connectivity index (χ4v) is 1.70. The third kappa shape index (κ3) is 3.47. The van der Waals surface area contributed by atoms with Gasteiger partial charge in [-0.05, 0) is 35.9 Å². The Morgan fingerprint density at radius 3 is 2.75 bits per heavy atom. The Morgan fingerprint density at radius 1 is 1.20 bits per heavy atom. The van der Waals surface area contributed by atoms with Crippen LogP contribution in [0, 0.1) is 11.3 Å². The topological polar surface area (TPSA) is 78.9 Å². The molecule has 20 heavy (non-hydrogen) atoms. The van der Waals surface area contributed by atoms with Gasteiger partial charge in [0.2, 0.25) is 5.91 Å². The van der Waals surface area contributed by atoms with Gasteiger partial charge in [0.25, 0.3) is 0 Å². The molecule has 0 spiro atoms. The van der Waals surface area contributed by atoms with E-state index in [9.17, 15) is 4.79 Å². The van der Waals surface area contributed by atoms with Gasteiger partial charge in [0.1, 0.15) is 6.07 Å². The number of nitrogens with one attached hydrogen (secondary N) is 1. The molecule has 0 saturated carbocycles. The van der Waals surface area contributed by atoms with E-state index < -0.39 is 0 Å². The predicted octanol–water partition coefficient (Wildman–Crippen LogP) is 2.79. The van der Waals surface area contributed by atoms with Crippen LogP contribution in [0.5, 0.6) is 0 Å². The molecule has 0 radical (unpaired) electrons. The molecule has 0 atom stereocenters. The highest BCUT2D eigenvalue weighted by atomic mass is 16.1. The number of carbonyl (C=O) groups is 1. The number of rotatable bonds is 3. The molecule has 4 heteroatoms. The van der Waals surface area contributed by atoms with Crippen molar-refractivity contribution in [1.29, 1.82) is 5.26 Å². The molecule has 2 aromatic carbocycles. The van der Waals surface area contributed by atoms with Gasteiger partial charge in [0, 0.05) is 11.8 Å². The Balaban J connectivity index is 2.08. The number of hydrogen-bond acceptors (Lipinski definition) is 3. The number of para-hydroxylation sites is 1. The molecule has 0 bridgehead atoms. The van der Waals surface area contributed by atoms with Crippen LogP contribution < -0.4 is 11.1 Å². The average Bonchev–Trinajstić information content (AvgIpc) is 2.46. The van der Waals surface area contributed by atoms with Crippen LogP contribution in [-0.2, 0) is 4.79 Å². The number of carbonyl (C=O) groups excluding carboxylic acids is 1. The molecule has 98 valence electrons. The van der Waals surface area contributed by atoms with Gasteiger partial charge >= 0.3 is 0 Å². The van der Waals surface area contributed by atoms with E-state index >= 15 is 0 Å². The van der Waals surface area contributed by atoms with Crippen molar-refractivity contribution in [2.75, 3.05) is 11.1 Å². The molecule has 1 amide bonds. The average molecular weight is 263 g/mol. The zero-order chi connectivity index (χ0) is 14.4. The van der Waals surface area contributed by atoms with Crippen molar-refractivity contribution in [1.82, 2.24) is 0 Å². The molecular weight excluding hydrogens is 250 g/mol. The van der Waals surface area contributed by atoms with Crippen LogP contribution in [0.15, 0.2) is 54.6 Å². The van der Waals surface area contributed by atoms with Gasteiger partial charge < -0.3 is 11.1 Å². The second kappa shape index (κ2) is 6.21. The Hall–Kier alpha value is -3.06. The SMILES string of the molecule is N#Cc1ccccc1NC(=O)/C=C/c1cccc(N)c1. The Labute approximate surface area is 117 Å². The summed E-state index contributed by atoms with van der Waals surface area (Å²) >= 11 is 0. The third-order valence-electron chi connectivity index (χ3n) is 2.64. The molecule has 0 unspecified atom stereocenters. The number of hydrogen-bond donors (Lipinski definition) is 2. The maximum atomic E-state index is 11.8. The van der Waals surface area contributed by atoms with E-state index in [2.05, 4.69) is 5.32 Å². The molecule has 2 aromatic rings. The van der Waals surface area contributed by atoms with Crippen LogP contribution >= 0.6 is 0 Å². The lowest BCUT2D eigenvalue weighted by atomic mass is 10.2. The van der Waals surface area contributed by atoms with Gasteiger partial charge in [0.15, 0.2) is 0 Å². The Kier molecular flexibility index (Phi) is 4.15. The van der Waals surface area contributed by atoms with Gasteiger partial charge in [-0.15, -0.1) is 0 Å². The van der Waals surface area contributed by atoms with E-state index in [0.29, 0.717) is 16.9 Å². The summed E-state index contributed by atoms with van der Waals surface area (Å²) in [5, 5.41) is 11.6. The Bertz CT molecular complexity index is 699. The minimum atomic E-state index is -0.296. The lowest BCUT2D eigenvalue weighted by molar-refractivity contribution is -0.111. The summed E-state index contributed by atoms with van der Waals surface area (Å²) in [5.41, 5.74) is 8.06. The first-order valence-corrected chi connectivity index (χ1v) is 6.03. The molecule has 0 fully saturated rings. The number of nitriles is 1. The smallest absolute Gasteiger partial charge is 0.248 e. The molecule has 3 N–H and O–H groups in total. The molecule has 0 heterocycles. The van der Waals surface area contributed by atoms with Crippen LogP contribution in [0.3, 0.4) is 0 Å². The first-order valence-electron chi connectivity index (χ1n) is 6.03. The molecule has 0 aliphatic carbocycles.